The SMILES string of the molecule is CC(C)NC(=O)C1(Cc2ccccc2-c2cccnc2)CCCN(C(=O)CC(C)(C)C)C1. The van der Waals surface area contributed by atoms with Gasteiger partial charge in [-0.1, -0.05) is 51.1 Å². The standard InChI is InChI=1S/C27H37N3O2/c1-20(2)29-25(32)27(13-9-15-30(19-27)24(31)17-26(3,4)5)16-21-10-6-7-12-23(21)22-11-8-14-28-18-22/h6-8,10-12,14,18,20H,9,13,15-17,19H2,1-5H3,(H,29,32). The van der Waals surface area contributed by atoms with E-state index in [1.807, 2.05) is 49.2 Å². The number of nitrogens with zero attached hydrogens (tertiary/aromatic N) is 2. The van der Waals surface area contributed by atoms with Gasteiger partial charge in [0.25, 0.3) is 0 Å². The van der Waals surface area contributed by atoms with Crippen molar-refractivity contribution in [1.82, 2.24) is 15.2 Å². The van der Waals surface area contributed by atoms with Gasteiger partial charge in [-0.05, 0) is 55.7 Å². The molecule has 0 aliphatic carbocycles. The van der Waals surface area contributed by atoms with Gasteiger partial charge in [0.2, 0.25) is 11.8 Å². The molecule has 2 amide bonds. The lowest BCUT2D eigenvalue weighted by molar-refractivity contribution is -0.143. The van der Waals surface area contributed by atoms with Crippen LogP contribution in [0.3, 0.4) is 0 Å². The summed E-state index contributed by atoms with van der Waals surface area (Å²) in [5, 5.41) is 3.15. The number of aromatic nitrogens is 1. The molecule has 0 spiro atoms. The van der Waals surface area contributed by atoms with Gasteiger partial charge in [-0.2, -0.15) is 0 Å². The van der Waals surface area contributed by atoms with Crippen molar-refractivity contribution in [2.75, 3.05) is 13.1 Å². The first-order valence-electron chi connectivity index (χ1n) is 11.7. The Kier molecular flexibility index (Phi) is 7.37. The number of carbonyl (C=O) groups excluding carboxylic acids is 2. The maximum absolute atomic E-state index is 13.6. The Morgan fingerprint density at radius 3 is 2.56 bits per heavy atom. The minimum atomic E-state index is -0.644. The molecule has 1 unspecified atom stereocenters. The van der Waals surface area contributed by atoms with Crippen molar-refractivity contribution in [2.24, 2.45) is 10.8 Å². The third-order valence-corrected chi connectivity index (χ3v) is 6.03. The first-order chi connectivity index (χ1) is 15.1. The van der Waals surface area contributed by atoms with Crippen molar-refractivity contribution in [3.05, 3.63) is 54.4 Å². The summed E-state index contributed by atoms with van der Waals surface area (Å²) >= 11 is 0. The molecule has 0 radical (unpaired) electrons. The van der Waals surface area contributed by atoms with Crippen LogP contribution in [0.4, 0.5) is 0 Å². The number of piperidine rings is 1. The average Bonchev–Trinajstić information content (AvgIpc) is 2.73. The molecule has 1 fully saturated rings. The summed E-state index contributed by atoms with van der Waals surface area (Å²) in [5.74, 6) is 0.182. The Balaban J connectivity index is 1.96. The number of pyridine rings is 1. The highest BCUT2D eigenvalue weighted by Gasteiger charge is 2.44. The van der Waals surface area contributed by atoms with Crippen LogP contribution in [0.2, 0.25) is 0 Å². The zero-order valence-corrected chi connectivity index (χ0v) is 20.1. The molecule has 172 valence electrons. The van der Waals surface area contributed by atoms with E-state index in [1.165, 1.54) is 0 Å². The number of likely N-dealkylation sites (tertiary alicyclic amines) is 1. The van der Waals surface area contributed by atoms with Crippen LogP contribution in [0.15, 0.2) is 48.8 Å². The molecule has 1 atom stereocenters. The molecule has 5 heteroatoms. The van der Waals surface area contributed by atoms with Gasteiger partial charge in [-0.25, -0.2) is 0 Å². The van der Waals surface area contributed by atoms with E-state index in [2.05, 4.69) is 43.2 Å². The van der Waals surface area contributed by atoms with Crippen LogP contribution in [0.25, 0.3) is 11.1 Å². The number of rotatable bonds is 6. The van der Waals surface area contributed by atoms with Gasteiger partial charge in [0.15, 0.2) is 0 Å². The number of benzene rings is 1. The minimum absolute atomic E-state index is 0.0433. The van der Waals surface area contributed by atoms with Crippen molar-refractivity contribution in [2.45, 2.75) is 66.3 Å². The van der Waals surface area contributed by atoms with Crippen LogP contribution in [0.5, 0.6) is 0 Å². The van der Waals surface area contributed by atoms with Gasteiger partial charge < -0.3 is 10.2 Å². The van der Waals surface area contributed by atoms with Gasteiger partial charge in [0.1, 0.15) is 0 Å². The molecule has 1 aromatic carbocycles. The Bertz CT molecular complexity index is 933. The third kappa shape index (κ3) is 5.96. The molecule has 1 aliphatic rings. The first kappa shape index (κ1) is 24.0. The number of hydrogen-bond acceptors (Lipinski definition) is 3. The van der Waals surface area contributed by atoms with E-state index in [4.69, 9.17) is 0 Å². The van der Waals surface area contributed by atoms with E-state index >= 15 is 0 Å². The zero-order chi connectivity index (χ0) is 23.4. The summed E-state index contributed by atoms with van der Waals surface area (Å²) in [6, 6.07) is 12.3. The predicted molar refractivity (Wildman–Crippen MR) is 129 cm³/mol. The maximum atomic E-state index is 13.6. The topological polar surface area (TPSA) is 62.3 Å². The first-order valence-corrected chi connectivity index (χ1v) is 11.7. The van der Waals surface area contributed by atoms with Gasteiger partial charge in [-0.15, -0.1) is 0 Å². The molecule has 0 bridgehead atoms. The van der Waals surface area contributed by atoms with E-state index in [9.17, 15) is 9.59 Å². The van der Waals surface area contributed by atoms with Crippen molar-refractivity contribution in [1.29, 1.82) is 0 Å². The van der Waals surface area contributed by atoms with Crippen LogP contribution >= 0.6 is 0 Å². The Morgan fingerprint density at radius 1 is 1.16 bits per heavy atom. The quantitative estimate of drug-likeness (QED) is 0.705. The van der Waals surface area contributed by atoms with Crippen LogP contribution in [-0.4, -0.2) is 40.8 Å². The molecule has 5 nitrogen and oxygen atoms in total. The molecule has 1 saturated heterocycles. The fraction of sp³-hybridized carbons (Fsp3) is 0.519. The normalized spacial score (nSPS) is 19.1. The van der Waals surface area contributed by atoms with E-state index in [0.29, 0.717) is 19.4 Å². The highest BCUT2D eigenvalue weighted by molar-refractivity contribution is 5.85. The summed E-state index contributed by atoms with van der Waals surface area (Å²) in [7, 11) is 0. The van der Waals surface area contributed by atoms with Crippen LogP contribution < -0.4 is 5.32 Å². The molecule has 0 saturated carbocycles. The maximum Gasteiger partial charge on any atom is 0.228 e. The summed E-state index contributed by atoms with van der Waals surface area (Å²) in [6.07, 6.45) is 6.31. The fourth-order valence-electron chi connectivity index (χ4n) is 4.58. The van der Waals surface area contributed by atoms with Crippen LogP contribution in [-0.2, 0) is 16.0 Å². The highest BCUT2D eigenvalue weighted by Crippen LogP contribution is 2.38. The van der Waals surface area contributed by atoms with Crippen molar-refractivity contribution < 1.29 is 9.59 Å². The summed E-state index contributed by atoms with van der Waals surface area (Å²) in [6.45, 7) is 11.4. The third-order valence-electron chi connectivity index (χ3n) is 6.03. The second-order valence-electron chi connectivity index (χ2n) is 10.6. The average molecular weight is 436 g/mol. The Hall–Kier alpha value is -2.69. The molecule has 2 aromatic rings. The summed E-state index contributed by atoms with van der Waals surface area (Å²) in [4.78, 5) is 32.8. The smallest absolute Gasteiger partial charge is 0.228 e. The molecule has 3 rings (SSSR count). The van der Waals surface area contributed by atoms with Gasteiger partial charge in [0.05, 0.1) is 5.41 Å². The number of amides is 2. The van der Waals surface area contributed by atoms with Gasteiger partial charge in [0, 0.05) is 43.5 Å². The van der Waals surface area contributed by atoms with Crippen molar-refractivity contribution in [3.63, 3.8) is 0 Å². The molecular weight excluding hydrogens is 398 g/mol. The highest BCUT2D eigenvalue weighted by atomic mass is 16.2. The molecular formula is C27H37N3O2. The molecule has 2 heterocycles. The predicted octanol–water partition coefficient (Wildman–Crippen LogP) is 4.86. The summed E-state index contributed by atoms with van der Waals surface area (Å²) in [5.41, 5.74) is 2.53. The lowest BCUT2D eigenvalue weighted by Crippen LogP contribution is -2.55. The van der Waals surface area contributed by atoms with E-state index in [1.54, 1.807) is 6.20 Å². The second-order valence-corrected chi connectivity index (χ2v) is 10.6. The van der Waals surface area contributed by atoms with E-state index in [-0.39, 0.29) is 23.3 Å². The fourth-order valence-corrected chi connectivity index (χ4v) is 4.58. The molecule has 1 aliphatic heterocycles. The van der Waals surface area contributed by atoms with E-state index < -0.39 is 5.41 Å². The zero-order valence-electron chi connectivity index (χ0n) is 20.1. The monoisotopic (exact) mass is 435 g/mol. The van der Waals surface area contributed by atoms with Crippen molar-refractivity contribution in [3.8, 4) is 11.1 Å². The lowest BCUT2D eigenvalue weighted by Gasteiger charge is -2.43. The molecule has 1 aromatic heterocycles. The van der Waals surface area contributed by atoms with Crippen LogP contribution in [0.1, 0.15) is 59.4 Å². The number of hydrogen-bond donors (Lipinski definition) is 1. The Morgan fingerprint density at radius 2 is 1.91 bits per heavy atom. The Labute approximate surface area is 192 Å². The van der Waals surface area contributed by atoms with Gasteiger partial charge in [-0.3, -0.25) is 14.6 Å². The molecule has 32 heavy (non-hydrogen) atoms. The van der Waals surface area contributed by atoms with Crippen molar-refractivity contribution >= 4 is 11.8 Å². The van der Waals surface area contributed by atoms with Gasteiger partial charge >= 0.3 is 0 Å². The largest absolute Gasteiger partial charge is 0.353 e. The minimum Gasteiger partial charge on any atom is -0.353 e. The second kappa shape index (κ2) is 9.85. The van der Waals surface area contributed by atoms with Crippen LogP contribution in [0, 0.1) is 10.8 Å². The number of nitrogens with one attached hydrogen (secondary N) is 1. The van der Waals surface area contributed by atoms with E-state index in [0.717, 1.165) is 36.1 Å². The number of carbonyl (C=O) groups is 2. The summed E-state index contributed by atoms with van der Waals surface area (Å²) < 4.78 is 0. The lowest BCUT2D eigenvalue weighted by atomic mass is 9.72. The molecule has 1 N–H and O–H groups in total.